The molecule has 1 heterocycles. The van der Waals surface area contributed by atoms with Crippen LogP contribution in [0, 0.1) is 0 Å². The first-order valence-corrected chi connectivity index (χ1v) is 8.02. The molecule has 0 saturated heterocycles. The molecular formula is C20H14N2O5. The third-order valence-corrected chi connectivity index (χ3v) is 4.26. The molecule has 7 nitrogen and oxygen atoms in total. The lowest BCUT2D eigenvalue weighted by Gasteiger charge is -2.12. The van der Waals surface area contributed by atoms with Crippen molar-refractivity contribution >= 4 is 10.8 Å². The van der Waals surface area contributed by atoms with Gasteiger partial charge in [0.05, 0.1) is 16.8 Å². The van der Waals surface area contributed by atoms with Crippen LogP contribution in [-0.2, 0) is 0 Å². The molecule has 7 heteroatoms. The first kappa shape index (κ1) is 16.5. The summed E-state index contributed by atoms with van der Waals surface area (Å²) in [5.41, 5.74) is 0.777. The van der Waals surface area contributed by atoms with E-state index in [0.29, 0.717) is 22.0 Å². The average molecular weight is 362 g/mol. The summed E-state index contributed by atoms with van der Waals surface area (Å²) in [6, 6.07) is 15.1. The van der Waals surface area contributed by atoms with E-state index in [9.17, 15) is 25.2 Å². The van der Waals surface area contributed by atoms with Crippen LogP contribution < -0.4 is 5.56 Å². The van der Waals surface area contributed by atoms with Gasteiger partial charge in [0.2, 0.25) is 0 Å². The molecule has 4 aromatic rings. The number of fused-ring (bicyclic) bond motifs is 1. The fourth-order valence-corrected chi connectivity index (χ4v) is 2.89. The van der Waals surface area contributed by atoms with Crippen LogP contribution in [0.25, 0.3) is 27.7 Å². The van der Waals surface area contributed by atoms with Crippen LogP contribution in [0.3, 0.4) is 0 Å². The summed E-state index contributed by atoms with van der Waals surface area (Å²) in [5.74, 6) is -1.26. The Morgan fingerprint density at radius 3 is 2.00 bits per heavy atom. The SMILES string of the molecule is O=c1c2ccccc2c(-c2ccc(O)c(O)c2)nn1-c1ccc(O)c(O)c1. The van der Waals surface area contributed by atoms with E-state index in [4.69, 9.17) is 0 Å². The first-order chi connectivity index (χ1) is 13.0. The molecule has 0 aliphatic carbocycles. The van der Waals surface area contributed by atoms with E-state index < -0.39 is 5.56 Å². The molecule has 3 aromatic carbocycles. The Balaban J connectivity index is 2.06. The summed E-state index contributed by atoms with van der Waals surface area (Å²) < 4.78 is 1.11. The lowest BCUT2D eigenvalue weighted by atomic mass is 10.0. The molecule has 27 heavy (non-hydrogen) atoms. The van der Waals surface area contributed by atoms with Crippen molar-refractivity contribution in [2.24, 2.45) is 0 Å². The van der Waals surface area contributed by atoms with Gasteiger partial charge in [-0.2, -0.15) is 9.78 Å². The van der Waals surface area contributed by atoms with Gasteiger partial charge in [-0.15, -0.1) is 0 Å². The minimum absolute atomic E-state index is 0.264. The standard InChI is InChI=1S/C20H14N2O5/c23-15-7-5-11(9-17(15)25)19-13-3-1-2-4-14(13)20(27)22(21-19)12-6-8-16(24)18(26)10-12/h1-10,23-26H. The van der Waals surface area contributed by atoms with Gasteiger partial charge in [-0.05, 0) is 36.4 Å². The number of aromatic nitrogens is 2. The second kappa shape index (κ2) is 6.06. The van der Waals surface area contributed by atoms with Crippen LogP contribution in [0.2, 0.25) is 0 Å². The molecule has 0 radical (unpaired) electrons. The van der Waals surface area contributed by atoms with Gasteiger partial charge >= 0.3 is 0 Å². The second-order valence-corrected chi connectivity index (χ2v) is 5.99. The molecule has 4 rings (SSSR count). The van der Waals surface area contributed by atoms with E-state index in [1.807, 2.05) is 0 Å². The fourth-order valence-electron chi connectivity index (χ4n) is 2.89. The van der Waals surface area contributed by atoms with Gasteiger partial charge < -0.3 is 20.4 Å². The number of hydrogen-bond donors (Lipinski definition) is 4. The Morgan fingerprint density at radius 1 is 0.704 bits per heavy atom. The fraction of sp³-hybridized carbons (Fsp3) is 0. The van der Waals surface area contributed by atoms with E-state index in [-0.39, 0.29) is 28.7 Å². The Kier molecular flexibility index (Phi) is 3.70. The van der Waals surface area contributed by atoms with Crippen molar-refractivity contribution in [1.82, 2.24) is 9.78 Å². The Hall–Kier alpha value is -4.00. The smallest absolute Gasteiger partial charge is 0.279 e. The zero-order valence-corrected chi connectivity index (χ0v) is 13.9. The van der Waals surface area contributed by atoms with Crippen molar-refractivity contribution < 1.29 is 20.4 Å². The molecule has 0 aliphatic rings. The van der Waals surface area contributed by atoms with Crippen molar-refractivity contribution in [2.75, 3.05) is 0 Å². The molecule has 4 N–H and O–H groups in total. The van der Waals surface area contributed by atoms with Crippen LogP contribution in [0.5, 0.6) is 23.0 Å². The highest BCUT2D eigenvalue weighted by Gasteiger charge is 2.15. The molecule has 0 unspecified atom stereocenters. The van der Waals surface area contributed by atoms with Crippen molar-refractivity contribution in [3.05, 3.63) is 71.0 Å². The van der Waals surface area contributed by atoms with E-state index in [1.165, 1.54) is 30.3 Å². The van der Waals surface area contributed by atoms with Gasteiger partial charge in [-0.3, -0.25) is 4.79 Å². The molecule has 134 valence electrons. The summed E-state index contributed by atoms with van der Waals surface area (Å²) in [5, 5.41) is 44.0. The maximum Gasteiger partial charge on any atom is 0.279 e. The average Bonchev–Trinajstić information content (AvgIpc) is 2.67. The van der Waals surface area contributed by atoms with Crippen LogP contribution in [0.15, 0.2) is 65.5 Å². The maximum absolute atomic E-state index is 12.9. The van der Waals surface area contributed by atoms with Gasteiger partial charge in [0.25, 0.3) is 5.56 Å². The van der Waals surface area contributed by atoms with Crippen molar-refractivity contribution in [3.8, 4) is 39.9 Å². The minimum atomic E-state index is -0.401. The van der Waals surface area contributed by atoms with E-state index >= 15 is 0 Å². The van der Waals surface area contributed by atoms with E-state index in [1.54, 1.807) is 30.3 Å². The summed E-state index contributed by atoms with van der Waals surface area (Å²) in [6.45, 7) is 0. The molecule has 0 atom stereocenters. The van der Waals surface area contributed by atoms with Crippen LogP contribution in [0.4, 0.5) is 0 Å². The third kappa shape index (κ3) is 2.71. The quantitative estimate of drug-likeness (QED) is 0.408. The number of aromatic hydroxyl groups is 4. The lowest BCUT2D eigenvalue weighted by Crippen LogP contribution is -2.22. The van der Waals surface area contributed by atoms with Gasteiger partial charge in [-0.1, -0.05) is 18.2 Å². The predicted molar refractivity (Wildman–Crippen MR) is 99.4 cm³/mol. The monoisotopic (exact) mass is 362 g/mol. The Morgan fingerprint density at radius 2 is 1.33 bits per heavy atom. The van der Waals surface area contributed by atoms with Crippen LogP contribution in [-0.4, -0.2) is 30.2 Å². The zero-order chi connectivity index (χ0) is 19.1. The van der Waals surface area contributed by atoms with Gasteiger partial charge in [0.15, 0.2) is 23.0 Å². The van der Waals surface area contributed by atoms with Gasteiger partial charge in [0.1, 0.15) is 0 Å². The zero-order valence-electron chi connectivity index (χ0n) is 13.9. The van der Waals surface area contributed by atoms with Gasteiger partial charge in [-0.25, -0.2) is 0 Å². The predicted octanol–water partition coefficient (Wildman–Crippen LogP) is 2.88. The number of phenolic OH excluding ortho intramolecular Hbond substituents is 4. The molecule has 0 amide bonds. The number of rotatable bonds is 2. The van der Waals surface area contributed by atoms with Crippen molar-refractivity contribution in [2.45, 2.75) is 0 Å². The minimum Gasteiger partial charge on any atom is -0.504 e. The molecule has 0 aliphatic heterocycles. The summed E-state index contributed by atoms with van der Waals surface area (Å²) in [6.07, 6.45) is 0. The van der Waals surface area contributed by atoms with Crippen LogP contribution >= 0.6 is 0 Å². The highest BCUT2D eigenvalue weighted by molar-refractivity contribution is 5.94. The largest absolute Gasteiger partial charge is 0.504 e. The first-order valence-electron chi connectivity index (χ1n) is 8.02. The van der Waals surface area contributed by atoms with Crippen molar-refractivity contribution in [1.29, 1.82) is 0 Å². The number of hydrogen-bond acceptors (Lipinski definition) is 6. The lowest BCUT2D eigenvalue weighted by molar-refractivity contribution is 0.403. The highest BCUT2D eigenvalue weighted by Crippen LogP contribution is 2.33. The molecule has 0 bridgehead atoms. The molecule has 0 fully saturated rings. The normalized spacial score (nSPS) is 11.0. The number of nitrogens with zero attached hydrogens (tertiary/aromatic N) is 2. The number of benzene rings is 3. The van der Waals surface area contributed by atoms with E-state index in [2.05, 4.69) is 5.10 Å². The van der Waals surface area contributed by atoms with E-state index in [0.717, 1.165) is 4.68 Å². The maximum atomic E-state index is 12.9. The molecular weight excluding hydrogens is 348 g/mol. The highest BCUT2D eigenvalue weighted by atomic mass is 16.3. The molecule has 0 spiro atoms. The second-order valence-electron chi connectivity index (χ2n) is 5.99. The number of phenols is 4. The third-order valence-electron chi connectivity index (χ3n) is 4.26. The summed E-state index contributed by atoms with van der Waals surface area (Å²) >= 11 is 0. The molecule has 1 aromatic heterocycles. The summed E-state index contributed by atoms with van der Waals surface area (Å²) in [4.78, 5) is 12.9. The Labute approximate surface area is 152 Å². The van der Waals surface area contributed by atoms with Gasteiger partial charge in [0, 0.05) is 17.0 Å². The van der Waals surface area contributed by atoms with Crippen molar-refractivity contribution in [3.63, 3.8) is 0 Å². The Bertz CT molecular complexity index is 1250. The molecule has 0 saturated carbocycles. The summed E-state index contributed by atoms with van der Waals surface area (Å²) in [7, 11) is 0. The topological polar surface area (TPSA) is 116 Å². The van der Waals surface area contributed by atoms with Crippen LogP contribution in [0.1, 0.15) is 0 Å².